The minimum Gasteiger partial charge on any atom is -0.300 e. The molecule has 5 rings (SSSR count). The average molecular weight is 273 g/mol. The zero-order valence-electron chi connectivity index (χ0n) is 12.5. The van der Waals surface area contributed by atoms with Gasteiger partial charge in [0.25, 0.3) is 0 Å². The van der Waals surface area contributed by atoms with Gasteiger partial charge in [0.1, 0.15) is 5.78 Å². The van der Waals surface area contributed by atoms with Crippen molar-refractivity contribution in [3.8, 4) is 0 Å². The molecule has 5 aliphatic rings. The molecule has 2 heteroatoms. The Morgan fingerprint density at radius 3 is 2.35 bits per heavy atom. The highest BCUT2D eigenvalue weighted by Crippen LogP contribution is 2.59. The molecule has 3 saturated carbocycles. The lowest BCUT2D eigenvalue weighted by Gasteiger charge is -2.52. The number of piperidine rings is 2. The van der Waals surface area contributed by atoms with Crippen LogP contribution in [0.2, 0.25) is 0 Å². The van der Waals surface area contributed by atoms with E-state index in [1.54, 1.807) is 19.3 Å². The Balaban J connectivity index is 1.40. The zero-order chi connectivity index (χ0) is 13.3. The highest BCUT2D eigenvalue weighted by molar-refractivity contribution is 5.80. The Morgan fingerprint density at radius 1 is 0.800 bits per heavy atom. The van der Waals surface area contributed by atoms with Gasteiger partial charge in [-0.05, 0) is 68.6 Å². The summed E-state index contributed by atoms with van der Waals surface area (Å²) < 4.78 is 0. The van der Waals surface area contributed by atoms with Crippen LogP contribution < -0.4 is 0 Å². The van der Waals surface area contributed by atoms with Crippen LogP contribution in [0, 0.1) is 23.7 Å². The van der Waals surface area contributed by atoms with Crippen molar-refractivity contribution in [1.82, 2.24) is 4.90 Å². The standard InChI is InChI=1S/C18H27NO/c20-17-9-14-2-1-3-15(10-17)19(14)16-5-11-4-12-7-13(8-16)18(12)6-11/h11-16,18H,1-10H2/t11-,12+,13+,14-,15+,16-,18?/m1/s1. The first kappa shape index (κ1) is 12.2. The van der Waals surface area contributed by atoms with Crippen molar-refractivity contribution in [2.75, 3.05) is 0 Å². The van der Waals surface area contributed by atoms with E-state index in [2.05, 4.69) is 4.90 Å². The predicted octanol–water partition coefficient (Wildman–Crippen LogP) is 3.40. The van der Waals surface area contributed by atoms with Crippen LogP contribution in [-0.2, 0) is 4.79 Å². The zero-order valence-corrected chi connectivity index (χ0v) is 12.5. The fourth-order valence-electron chi connectivity index (χ4n) is 6.84. The second-order valence-electron chi connectivity index (χ2n) is 8.52. The number of hydrogen-bond acceptors (Lipinski definition) is 2. The van der Waals surface area contributed by atoms with Crippen molar-refractivity contribution in [2.24, 2.45) is 23.7 Å². The third kappa shape index (κ3) is 1.70. The Kier molecular flexibility index (Phi) is 2.63. The molecule has 0 amide bonds. The number of nitrogens with zero attached hydrogens (tertiary/aromatic N) is 1. The maximum atomic E-state index is 11.9. The maximum absolute atomic E-state index is 11.9. The molecule has 0 radical (unpaired) electrons. The van der Waals surface area contributed by atoms with E-state index in [1.165, 1.54) is 32.1 Å². The van der Waals surface area contributed by atoms with Crippen LogP contribution in [0.5, 0.6) is 0 Å². The molecule has 2 saturated heterocycles. The van der Waals surface area contributed by atoms with Crippen LogP contribution in [0.3, 0.4) is 0 Å². The molecule has 110 valence electrons. The van der Waals surface area contributed by atoms with E-state index in [0.717, 1.165) is 42.6 Å². The quantitative estimate of drug-likeness (QED) is 0.730. The fraction of sp³-hybridized carbons (Fsp3) is 0.944. The van der Waals surface area contributed by atoms with Crippen molar-refractivity contribution in [1.29, 1.82) is 0 Å². The summed E-state index contributed by atoms with van der Waals surface area (Å²) in [6.45, 7) is 0. The SMILES string of the molecule is O=C1C[C@H]2CCC[C@@H](C1)N2[C@@H]1C[C@@H]2CC3[C@@H](C2)C[C@H]3C1. The Labute approximate surface area is 122 Å². The molecule has 20 heavy (non-hydrogen) atoms. The summed E-state index contributed by atoms with van der Waals surface area (Å²) in [5, 5.41) is 0. The highest BCUT2D eigenvalue weighted by Gasteiger charge is 2.53. The number of rotatable bonds is 1. The largest absolute Gasteiger partial charge is 0.300 e. The summed E-state index contributed by atoms with van der Waals surface area (Å²) in [6.07, 6.45) is 13.3. The van der Waals surface area contributed by atoms with E-state index in [0.29, 0.717) is 17.9 Å². The third-order valence-electron chi connectivity index (χ3n) is 7.50. The lowest BCUT2D eigenvalue weighted by atomic mass is 9.64. The van der Waals surface area contributed by atoms with E-state index < -0.39 is 0 Å². The van der Waals surface area contributed by atoms with Gasteiger partial charge in [0.15, 0.2) is 0 Å². The number of fused-ring (bicyclic) bond motifs is 3. The lowest BCUT2D eigenvalue weighted by Crippen LogP contribution is -2.57. The molecule has 0 N–H and O–H groups in total. The molecule has 2 heterocycles. The van der Waals surface area contributed by atoms with Gasteiger partial charge in [0.05, 0.1) is 0 Å². The Morgan fingerprint density at radius 2 is 1.55 bits per heavy atom. The minimum absolute atomic E-state index is 0.551. The molecule has 2 nitrogen and oxygen atoms in total. The van der Waals surface area contributed by atoms with Gasteiger partial charge in [-0.3, -0.25) is 9.69 Å². The molecule has 4 bridgehead atoms. The summed E-state index contributed by atoms with van der Waals surface area (Å²) in [6, 6.07) is 2.07. The Hall–Kier alpha value is -0.370. The molecule has 7 atom stereocenters. The smallest absolute Gasteiger partial charge is 0.136 e. The molecule has 5 fully saturated rings. The van der Waals surface area contributed by atoms with Crippen LogP contribution in [0.4, 0.5) is 0 Å². The topological polar surface area (TPSA) is 20.3 Å². The number of Topliss-reactive ketones (excluding diaryl/α,β-unsaturated/α-hetero) is 1. The van der Waals surface area contributed by atoms with E-state index in [1.807, 2.05) is 0 Å². The highest BCUT2D eigenvalue weighted by atomic mass is 16.1. The van der Waals surface area contributed by atoms with Crippen LogP contribution in [-0.4, -0.2) is 28.8 Å². The second kappa shape index (κ2) is 4.32. The first-order chi connectivity index (χ1) is 9.78. The molecular formula is C18H27NO. The first-order valence-corrected chi connectivity index (χ1v) is 9.07. The molecule has 2 aliphatic heterocycles. The molecule has 1 unspecified atom stereocenters. The second-order valence-corrected chi connectivity index (χ2v) is 8.52. The van der Waals surface area contributed by atoms with E-state index in [9.17, 15) is 4.79 Å². The van der Waals surface area contributed by atoms with Gasteiger partial charge in [-0.2, -0.15) is 0 Å². The van der Waals surface area contributed by atoms with Crippen molar-refractivity contribution in [3.05, 3.63) is 0 Å². The van der Waals surface area contributed by atoms with Gasteiger partial charge in [0.2, 0.25) is 0 Å². The molecule has 0 aromatic heterocycles. The van der Waals surface area contributed by atoms with Gasteiger partial charge < -0.3 is 0 Å². The molecule has 0 aromatic carbocycles. The van der Waals surface area contributed by atoms with Crippen LogP contribution in [0.25, 0.3) is 0 Å². The maximum Gasteiger partial charge on any atom is 0.136 e. The van der Waals surface area contributed by atoms with Crippen molar-refractivity contribution in [2.45, 2.75) is 82.3 Å². The molecule has 3 aliphatic carbocycles. The van der Waals surface area contributed by atoms with Crippen molar-refractivity contribution >= 4 is 5.78 Å². The van der Waals surface area contributed by atoms with Crippen LogP contribution in [0.15, 0.2) is 0 Å². The van der Waals surface area contributed by atoms with Gasteiger partial charge in [-0.1, -0.05) is 6.42 Å². The molecular weight excluding hydrogens is 246 g/mol. The molecule has 0 spiro atoms. The van der Waals surface area contributed by atoms with Crippen molar-refractivity contribution < 1.29 is 4.79 Å². The van der Waals surface area contributed by atoms with Crippen molar-refractivity contribution in [3.63, 3.8) is 0 Å². The van der Waals surface area contributed by atoms with Gasteiger partial charge >= 0.3 is 0 Å². The predicted molar refractivity (Wildman–Crippen MR) is 78.3 cm³/mol. The molecule has 0 aromatic rings. The Bertz CT molecular complexity index is 413. The average Bonchev–Trinajstić information content (AvgIpc) is 2.59. The third-order valence-corrected chi connectivity index (χ3v) is 7.50. The summed E-state index contributed by atoms with van der Waals surface area (Å²) in [4.78, 5) is 14.8. The van der Waals surface area contributed by atoms with E-state index >= 15 is 0 Å². The first-order valence-electron chi connectivity index (χ1n) is 9.07. The summed E-state index contributed by atoms with van der Waals surface area (Å²) >= 11 is 0. The van der Waals surface area contributed by atoms with Gasteiger partial charge in [0, 0.05) is 31.0 Å². The van der Waals surface area contributed by atoms with Crippen LogP contribution >= 0.6 is 0 Å². The summed E-state index contributed by atoms with van der Waals surface area (Å²) in [7, 11) is 0. The number of carbonyl (C=O) groups is 1. The van der Waals surface area contributed by atoms with Gasteiger partial charge in [-0.15, -0.1) is 0 Å². The number of hydrogen-bond donors (Lipinski definition) is 0. The number of carbonyl (C=O) groups excluding carboxylic acids is 1. The summed E-state index contributed by atoms with van der Waals surface area (Å²) in [5.41, 5.74) is 0. The fourth-order valence-corrected chi connectivity index (χ4v) is 6.84. The number of ketones is 1. The normalized spacial score (nSPS) is 54.4. The van der Waals surface area contributed by atoms with Crippen LogP contribution in [0.1, 0.15) is 64.2 Å². The summed E-state index contributed by atoms with van der Waals surface area (Å²) in [5.74, 6) is 4.86. The van der Waals surface area contributed by atoms with E-state index in [4.69, 9.17) is 0 Å². The van der Waals surface area contributed by atoms with Gasteiger partial charge in [-0.25, -0.2) is 0 Å². The monoisotopic (exact) mass is 273 g/mol. The minimum atomic E-state index is 0.551. The lowest BCUT2D eigenvalue weighted by molar-refractivity contribution is -0.129. The van der Waals surface area contributed by atoms with E-state index in [-0.39, 0.29) is 0 Å².